The number of aromatic nitrogens is 3. The van der Waals surface area contributed by atoms with Crippen LogP contribution in [0, 0.1) is 0 Å². The fourth-order valence-corrected chi connectivity index (χ4v) is 3.05. The first-order chi connectivity index (χ1) is 12.7. The van der Waals surface area contributed by atoms with Crippen LogP contribution < -0.4 is 5.56 Å². The molecule has 0 saturated heterocycles. The lowest BCUT2D eigenvalue weighted by Crippen LogP contribution is -2.20. The zero-order chi connectivity index (χ0) is 17.9. The van der Waals surface area contributed by atoms with E-state index in [1.54, 1.807) is 41.5 Å². The van der Waals surface area contributed by atoms with Crippen molar-refractivity contribution in [3.05, 3.63) is 101 Å². The van der Waals surface area contributed by atoms with Crippen LogP contribution in [0.25, 0.3) is 28.1 Å². The van der Waals surface area contributed by atoms with E-state index in [0.29, 0.717) is 21.8 Å². The SMILES string of the molecule is O=c1c(-c2ccccc2Cl)cc(-c2ccccn2)cn1-c1cccnc1. The van der Waals surface area contributed by atoms with Gasteiger partial charge in [0, 0.05) is 40.3 Å². The predicted octanol–water partition coefficient (Wildman–Crippen LogP) is 4.61. The van der Waals surface area contributed by atoms with Gasteiger partial charge in [-0.05, 0) is 36.4 Å². The van der Waals surface area contributed by atoms with Crippen LogP contribution in [0.2, 0.25) is 5.02 Å². The minimum atomic E-state index is -0.161. The Balaban J connectivity index is 2.03. The molecule has 3 heterocycles. The van der Waals surface area contributed by atoms with Crippen LogP contribution >= 0.6 is 11.6 Å². The molecular formula is C21H14ClN3O. The highest BCUT2D eigenvalue weighted by atomic mass is 35.5. The van der Waals surface area contributed by atoms with Gasteiger partial charge in [0.1, 0.15) is 0 Å². The van der Waals surface area contributed by atoms with Crippen molar-refractivity contribution in [2.75, 3.05) is 0 Å². The van der Waals surface area contributed by atoms with Crippen LogP contribution in [-0.2, 0) is 0 Å². The molecule has 0 atom stereocenters. The molecule has 126 valence electrons. The fourth-order valence-electron chi connectivity index (χ4n) is 2.82. The molecule has 0 radical (unpaired) electrons. The summed E-state index contributed by atoms with van der Waals surface area (Å²) in [5.74, 6) is 0. The first-order valence-corrected chi connectivity index (χ1v) is 8.45. The predicted molar refractivity (Wildman–Crippen MR) is 104 cm³/mol. The van der Waals surface area contributed by atoms with Crippen molar-refractivity contribution in [1.82, 2.24) is 14.5 Å². The van der Waals surface area contributed by atoms with Crippen molar-refractivity contribution in [1.29, 1.82) is 0 Å². The van der Waals surface area contributed by atoms with Crippen molar-refractivity contribution in [3.8, 4) is 28.1 Å². The van der Waals surface area contributed by atoms with Crippen molar-refractivity contribution in [2.24, 2.45) is 0 Å². The van der Waals surface area contributed by atoms with Gasteiger partial charge in [0.2, 0.25) is 0 Å². The lowest BCUT2D eigenvalue weighted by Gasteiger charge is -2.12. The number of rotatable bonds is 3. The number of hydrogen-bond donors (Lipinski definition) is 0. The number of halogens is 1. The van der Waals surface area contributed by atoms with Gasteiger partial charge in [-0.3, -0.25) is 19.3 Å². The molecule has 0 aliphatic rings. The van der Waals surface area contributed by atoms with E-state index in [0.717, 1.165) is 11.3 Å². The summed E-state index contributed by atoms with van der Waals surface area (Å²) in [7, 11) is 0. The number of nitrogens with zero attached hydrogens (tertiary/aromatic N) is 3. The number of benzene rings is 1. The lowest BCUT2D eigenvalue weighted by molar-refractivity contribution is 0.981. The standard InChI is InChI=1S/C21H14ClN3O/c22-19-8-2-1-7-17(19)18-12-15(20-9-3-4-11-24-20)14-25(21(18)26)16-6-5-10-23-13-16/h1-14H. The highest BCUT2D eigenvalue weighted by Crippen LogP contribution is 2.28. The van der Waals surface area contributed by atoms with Gasteiger partial charge in [-0.2, -0.15) is 0 Å². The summed E-state index contributed by atoms with van der Waals surface area (Å²) >= 11 is 6.35. The molecule has 0 bridgehead atoms. The number of hydrogen-bond acceptors (Lipinski definition) is 3. The molecule has 0 aliphatic heterocycles. The van der Waals surface area contributed by atoms with Crippen LogP contribution in [0.4, 0.5) is 0 Å². The van der Waals surface area contributed by atoms with E-state index in [2.05, 4.69) is 9.97 Å². The van der Waals surface area contributed by atoms with Crippen molar-refractivity contribution in [3.63, 3.8) is 0 Å². The van der Waals surface area contributed by atoms with Crippen molar-refractivity contribution >= 4 is 11.6 Å². The summed E-state index contributed by atoms with van der Waals surface area (Å²) in [6.07, 6.45) is 6.83. The highest BCUT2D eigenvalue weighted by Gasteiger charge is 2.14. The number of pyridine rings is 3. The molecule has 4 rings (SSSR count). The monoisotopic (exact) mass is 359 g/mol. The second-order valence-corrected chi connectivity index (χ2v) is 6.13. The largest absolute Gasteiger partial charge is 0.282 e. The Morgan fingerprint density at radius 2 is 1.73 bits per heavy atom. The fraction of sp³-hybridized carbons (Fsp3) is 0. The summed E-state index contributed by atoms with van der Waals surface area (Å²) in [6.45, 7) is 0. The highest BCUT2D eigenvalue weighted by molar-refractivity contribution is 6.33. The molecule has 0 spiro atoms. The van der Waals surface area contributed by atoms with Gasteiger partial charge >= 0.3 is 0 Å². The summed E-state index contributed by atoms with van der Waals surface area (Å²) in [4.78, 5) is 21.7. The third kappa shape index (κ3) is 3.03. The maximum absolute atomic E-state index is 13.2. The molecule has 4 aromatic rings. The molecule has 0 N–H and O–H groups in total. The molecular weight excluding hydrogens is 346 g/mol. The van der Waals surface area contributed by atoms with Crippen molar-refractivity contribution < 1.29 is 0 Å². The van der Waals surface area contributed by atoms with Gasteiger partial charge in [0.15, 0.2) is 0 Å². The Morgan fingerprint density at radius 3 is 2.46 bits per heavy atom. The Labute approximate surface area is 155 Å². The molecule has 0 aliphatic carbocycles. The molecule has 0 unspecified atom stereocenters. The van der Waals surface area contributed by atoms with E-state index >= 15 is 0 Å². The van der Waals surface area contributed by atoms with Crippen LogP contribution in [0.1, 0.15) is 0 Å². The van der Waals surface area contributed by atoms with Gasteiger partial charge in [-0.15, -0.1) is 0 Å². The molecule has 3 aromatic heterocycles. The summed E-state index contributed by atoms with van der Waals surface area (Å²) in [5.41, 5.74) is 3.33. The van der Waals surface area contributed by atoms with Gasteiger partial charge in [0.05, 0.1) is 17.6 Å². The summed E-state index contributed by atoms with van der Waals surface area (Å²) < 4.78 is 1.58. The zero-order valence-electron chi connectivity index (χ0n) is 13.7. The Bertz CT molecular complexity index is 1110. The van der Waals surface area contributed by atoms with E-state index < -0.39 is 0 Å². The topological polar surface area (TPSA) is 47.8 Å². The molecule has 5 heteroatoms. The van der Waals surface area contributed by atoms with Gasteiger partial charge < -0.3 is 0 Å². The second kappa shape index (κ2) is 6.94. The minimum absolute atomic E-state index is 0.161. The molecule has 1 aromatic carbocycles. The third-order valence-corrected chi connectivity index (χ3v) is 4.40. The third-order valence-electron chi connectivity index (χ3n) is 4.07. The smallest absolute Gasteiger partial charge is 0.263 e. The van der Waals surface area contributed by atoms with E-state index in [4.69, 9.17) is 11.6 Å². The van der Waals surface area contributed by atoms with Crippen LogP contribution in [-0.4, -0.2) is 14.5 Å². The quantitative estimate of drug-likeness (QED) is 0.536. The average molecular weight is 360 g/mol. The second-order valence-electron chi connectivity index (χ2n) is 5.72. The minimum Gasteiger partial charge on any atom is -0.282 e. The molecule has 0 amide bonds. The summed E-state index contributed by atoms with van der Waals surface area (Å²) in [6, 6.07) is 18.5. The normalized spacial score (nSPS) is 10.7. The summed E-state index contributed by atoms with van der Waals surface area (Å²) in [5, 5.41) is 0.528. The van der Waals surface area contributed by atoms with Gasteiger partial charge in [-0.1, -0.05) is 35.9 Å². The van der Waals surface area contributed by atoms with E-state index in [1.807, 2.05) is 48.5 Å². The Hall–Kier alpha value is -3.24. The first kappa shape index (κ1) is 16.2. The molecule has 0 saturated carbocycles. The molecule has 26 heavy (non-hydrogen) atoms. The zero-order valence-corrected chi connectivity index (χ0v) is 14.5. The van der Waals surface area contributed by atoms with Crippen LogP contribution in [0.15, 0.2) is 90.2 Å². The van der Waals surface area contributed by atoms with E-state index in [1.165, 1.54) is 0 Å². The lowest BCUT2D eigenvalue weighted by atomic mass is 10.0. The Kier molecular flexibility index (Phi) is 4.33. The average Bonchev–Trinajstić information content (AvgIpc) is 2.70. The molecule has 0 fully saturated rings. The van der Waals surface area contributed by atoms with Crippen LogP contribution in [0.5, 0.6) is 0 Å². The van der Waals surface area contributed by atoms with E-state index in [9.17, 15) is 4.79 Å². The van der Waals surface area contributed by atoms with E-state index in [-0.39, 0.29) is 5.56 Å². The van der Waals surface area contributed by atoms with Gasteiger partial charge in [-0.25, -0.2) is 0 Å². The van der Waals surface area contributed by atoms with Crippen LogP contribution in [0.3, 0.4) is 0 Å². The van der Waals surface area contributed by atoms with Gasteiger partial charge in [0.25, 0.3) is 5.56 Å². The van der Waals surface area contributed by atoms with Crippen molar-refractivity contribution in [2.45, 2.75) is 0 Å². The Morgan fingerprint density at radius 1 is 0.885 bits per heavy atom. The maximum Gasteiger partial charge on any atom is 0.263 e. The molecule has 4 nitrogen and oxygen atoms in total. The maximum atomic E-state index is 13.2. The first-order valence-electron chi connectivity index (χ1n) is 8.07.